The van der Waals surface area contributed by atoms with Gasteiger partial charge < -0.3 is 10.2 Å². The molecule has 0 bridgehead atoms. The molecule has 0 saturated heterocycles. The monoisotopic (exact) mass is 354 g/mol. The SMILES string of the molecule is CN(C)[C@H](CNC(=O)Cc1ccc(-n2cccn2)cc1)c1ccsc1. The van der Waals surface area contributed by atoms with Gasteiger partial charge in [-0.2, -0.15) is 16.4 Å². The molecule has 1 N–H and O–H groups in total. The Hall–Kier alpha value is -2.44. The predicted molar refractivity (Wildman–Crippen MR) is 101 cm³/mol. The van der Waals surface area contributed by atoms with Crippen LogP contribution >= 0.6 is 11.3 Å². The van der Waals surface area contributed by atoms with Gasteiger partial charge in [0.2, 0.25) is 5.91 Å². The van der Waals surface area contributed by atoms with Gasteiger partial charge in [0.1, 0.15) is 0 Å². The molecule has 25 heavy (non-hydrogen) atoms. The van der Waals surface area contributed by atoms with E-state index in [2.05, 4.69) is 32.1 Å². The summed E-state index contributed by atoms with van der Waals surface area (Å²) in [5.41, 5.74) is 3.21. The largest absolute Gasteiger partial charge is 0.354 e. The zero-order valence-corrected chi connectivity index (χ0v) is 15.2. The van der Waals surface area contributed by atoms with Crippen LogP contribution in [0, 0.1) is 0 Å². The van der Waals surface area contributed by atoms with Crippen molar-refractivity contribution in [1.82, 2.24) is 20.0 Å². The lowest BCUT2D eigenvalue weighted by molar-refractivity contribution is -0.120. The molecule has 2 heterocycles. The highest BCUT2D eigenvalue weighted by atomic mass is 32.1. The van der Waals surface area contributed by atoms with Gasteiger partial charge in [-0.15, -0.1) is 0 Å². The van der Waals surface area contributed by atoms with E-state index in [1.165, 1.54) is 5.56 Å². The predicted octanol–water partition coefficient (Wildman–Crippen LogP) is 2.90. The number of rotatable bonds is 7. The number of nitrogens with one attached hydrogen (secondary N) is 1. The van der Waals surface area contributed by atoms with Gasteiger partial charge in [-0.1, -0.05) is 12.1 Å². The summed E-state index contributed by atoms with van der Waals surface area (Å²) in [5.74, 6) is 0.0360. The first-order valence-corrected chi connectivity index (χ1v) is 9.12. The Morgan fingerprint density at radius 1 is 1.28 bits per heavy atom. The van der Waals surface area contributed by atoms with E-state index in [1.807, 2.05) is 50.6 Å². The average Bonchev–Trinajstić information content (AvgIpc) is 3.29. The lowest BCUT2D eigenvalue weighted by Crippen LogP contribution is -2.35. The first kappa shape index (κ1) is 17.4. The molecule has 3 rings (SSSR count). The van der Waals surface area contributed by atoms with Gasteiger partial charge >= 0.3 is 0 Å². The smallest absolute Gasteiger partial charge is 0.224 e. The minimum absolute atomic E-state index is 0.0360. The van der Waals surface area contributed by atoms with Crippen molar-refractivity contribution in [2.24, 2.45) is 0 Å². The molecular formula is C19H22N4OS. The first-order valence-electron chi connectivity index (χ1n) is 8.17. The maximum absolute atomic E-state index is 12.3. The molecule has 0 spiro atoms. The molecule has 0 aliphatic carbocycles. The summed E-state index contributed by atoms with van der Waals surface area (Å²) < 4.78 is 1.80. The molecule has 0 aliphatic rings. The van der Waals surface area contributed by atoms with E-state index < -0.39 is 0 Å². The fraction of sp³-hybridized carbons (Fsp3) is 0.263. The van der Waals surface area contributed by atoms with Gasteiger partial charge in [-0.3, -0.25) is 4.79 Å². The van der Waals surface area contributed by atoms with Crippen LogP contribution < -0.4 is 5.32 Å². The molecule has 1 aromatic carbocycles. The second-order valence-electron chi connectivity index (χ2n) is 6.13. The highest BCUT2D eigenvalue weighted by molar-refractivity contribution is 7.07. The molecule has 1 amide bonds. The molecule has 0 unspecified atom stereocenters. The van der Waals surface area contributed by atoms with E-state index in [-0.39, 0.29) is 11.9 Å². The molecule has 1 atom stereocenters. The summed E-state index contributed by atoms with van der Waals surface area (Å²) in [6, 6.07) is 12.1. The zero-order valence-electron chi connectivity index (χ0n) is 14.4. The second kappa shape index (κ2) is 8.09. The van der Waals surface area contributed by atoms with Crippen molar-refractivity contribution < 1.29 is 4.79 Å². The average molecular weight is 354 g/mol. The maximum atomic E-state index is 12.3. The quantitative estimate of drug-likeness (QED) is 0.710. The van der Waals surface area contributed by atoms with Crippen LogP contribution in [0.1, 0.15) is 17.2 Å². The van der Waals surface area contributed by atoms with Crippen molar-refractivity contribution in [3.63, 3.8) is 0 Å². The molecule has 5 nitrogen and oxygen atoms in total. The van der Waals surface area contributed by atoms with Crippen molar-refractivity contribution in [3.05, 3.63) is 70.7 Å². The topological polar surface area (TPSA) is 50.2 Å². The lowest BCUT2D eigenvalue weighted by Gasteiger charge is -2.24. The molecule has 0 saturated carbocycles. The standard InChI is InChI=1S/C19H22N4OS/c1-22(2)18(16-8-11-25-14-16)13-20-19(24)12-15-4-6-17(7-5-15)23-10-3-9-21-23/h3-11,14,18H,12-13H2,1-2H3,(H,20,24)/t18-/m1/s1. The van der Waals surface area contributed by atoms with Crippen molar-refractivity contribution in [2.45, 2.75) is 12.5 Å². The van der Waals surface area contributed by atoms with E-state index in [0.717, 1.165) is 11.3 Å². The van der Waals surface area contributed by atoms with Crippen LogP contribution in [0.2, 0.25) is 0 Å². The van der Waals surface area contributed by atoms with Crippen LogP contribution in [-0.4, -0.2) is 41.2 Å². The van der Waals surface area contributed by atoms with E-state index in [9.17, 15) is 4.79 Å². The van der Waals surface area contributed by atoms with Crippen molar-refractivity contribution >= 4 is 17.2 Å². The Balaban J connectivity index is 1.55. The van der Waals surface area contributed by atoms with Crippen LogP contribution in [0.3, 0.4) is 0 Å². The molecule has 3 aromatic rings. The van der Waals surface area contributed by atoms with Gasteiger partial charge in [0.15, 0.2) is 0 Å². The molecule has 0 fully saturated rings. The fourth-order valence-corrected chi connectivity index (χ4v) is 3.42. The lowest BCUT2D eigenvalue weighted by atomic mass is 10.1. The summed E-state index contributed by atoms with van der Waals surface area (Å²) in [6.07, 6.45) is 4.02. The van der Waals surface area contributed by atoms with Crippen LogP contribution in [0.5, 0.6) is 0 Å². The highest BCUT2D eigenvalue weighted by Gasteiger charge is 2.15. The number of thiophene rings is 1. The zero-order chi connectivity index (χ0) is 17.6. The molecule has 0 radical (unpaired) electrons. The third-order valence-corrected chi connectivity index (χ3v) is 4.82. The van der Waals surface area contributed by atoms with Gasteiger partial charge in [0, 0.05) is 18.9 Å². The van der Waals surface area contributed by atoms with Crippen molar-refractivity contribution in [2.75, 3.05) is 20.6 Å². The number of hydrogen-bond acceptors (Lipinski definition) is 4. The third-order valence-electron chi connectivity index (χ3n) is 4.11. The normalized spacial score (nSPS) is 12.3. The maximum Gasteiger partial charge on any atom is 0.224 e. The van der Waals surface area contributed by atoms with E-state index in [0.29, 0.717) is 13.0 Å². The number of hydrogen-bond donors (Lipinski definition) is 1. The van der Waals surface area contributed by atoms with Crippen LogP contribution in [0.15, 0.2) is 59.6 Å². The Kier molecular flexibility index (Phi) is 5.63. The van der Waals surface area contributed by atoms with Crippen LogP contribution in [0.4, 0.5) is 0 Å². The first-order chi connectivity index (χ1) is 12.1. The Labute approximate surface area is 151 Å². The van der Waals surface area contributed by atoms with E-state index in [4.69, 9.17) is 0 Å². The number of aromatic nitrogens is 2. The number of nitrogens with zero attached hydrogens (tertiary/aromatic N) is 3. The summed E-state index contributed by atoms with van der Waals surface area (Å²) in [4.78, 5) is 14.4. The molecule has 130 valence electrons. The summed E-state index contributed by atoms with van der Waals surface area (Å²) in [7, 11) is 4.06. The number of carbonyl (C=O) groups is 1. The second-order valence-corrected chi connectivity index (χ2v) is 6.91. The minimum atomic E-state index is 0.0360. The molecule has 0 aliphatic heterocycles. The molecule has 2 aromatic heterocycles. The summed E-state index contributed by atoms with van der Waals surface area (Å²) in [5, 5.41) is 11.4. The number of benzene rings is 1. The van der Waals surface area contributed by atoms with Crippen LogP contribution in [-0.2, 0) is 11.2 Å². The Morgan fingerprint density at radius 3 is 2.68 bits per heavy atom. The third kappa shape index (κ3) is 4.55. The summed E-state index contributed by atoms with van der Waals surface area (Å²) >= 11 is 1.68. The van der Waals surface area contributed by atoms with Crippen molar-refractivity contribution in [3.8, 4) is 5.69 Å². The Morgan fingerprint density at radius 2 is 2.08 bits per heavy atom. The van der Waals surface area contributed by atoms with E-state index >= 15 is 0 Å². The van der Waals surface area contributed by atoms with Gasteiger partial charge in [0.25, 0.3) is 0 Å². The van der Waals surface area contributed by atoms with Gasteiger partial charge in [-0.25, -0.2) is 4.68 Å². The molecule has 6 heteroatoms. The fourth-order valence-electron chi connectivity index (χ4n) is 2.71. The minimum Gasteiger partial charge on any atom is -0.354 e. The number of amides is 1. The molecular weight excluding hydrogens is 332 g/mol. The van der Waals surface area contributed by atoms with E-state index in [1.54, 1.807) is 22.2 Å². The van der Waals surface area contributed by atoms with Gasteiger partial charge in [0.05, 0.1) is 18.2 Å². The number of likely N-dealkylation sites (N-methyl/N-ethyl adjacent to an activating group) is 1. The Bertz CT molecular complexity index is 779. The highest BCUT2D eigenvalue weighted by Crippen LogP contribution is 2.20. The van der Waals surface area contributed by atoms with Crippen molar-refractivity contribution in [1.29, 1.82) is 0 Å². The van der Waals surface area contributed by atoms with Gasteiger partial charge in [-0.05, 0) is 60.2 Å². The number of carbonyl (C=O) groups excluding carboxylic acids is 1. The van der Waals surface area contributed by atoms with Crippen LogP contribution in [0.25, 0.3) is 5.69 Å². The summed E-state index contributed by atoms with van der Waals surface area (Å²) in [6.45, 7) is 0.605.